The van der Waals surface area contributed by atoms with E-state index in [0.29, 0.717) is 0 Å². The third kappa shape index (κ3) is 22.5. The first-order valence-corrected chi connectivity index (χ1v) is 18.6. The Morgan fingerprint density at radius 2 is 0.696 bits per heavy atom. The summed E-state index contributed by atoms with van der Waals surface area (Å²) in [5.41, 5.74) is 0. The maximum absolute atomic E-state index is 3.90. The molecule has 0 aromatic rings. The van der Waals surface area contributed by atoms with Crippen molar-refractivity contribution in [3.05, 3.63) is 6.92 Å². The number of hydrogen-bond acceptors (Lipinski definition) is 0. The molecule has 23 heavy (non-hydrogen) atoms. The van der Waals surface area contributed by atoms with Gasteiger partial charge >= 0.3 is 106 Å². The molecular formula is C22H47Ge. The molecule has 0 aromatic heterocycles. The summed E-state index contributed by atoms with van der Waals surface area (Å²) in [4.78, 5) is 0. The molecule has 139 valence electrons. The van der Waals surface area contributed by atoms with E-state index in [4.69, 9.17) is 0 Å². The van der Waals surface area contributed by atoms with E-state index in [0.717, 1.165) is 6.42 Å². The van der Waals surface area contributed by atoms with E-state index in [1.807, 2.05) is 0 Å². The fraction of sp³-hybridized carbons (Fsp3) is 0.955. The molecule has 1 heteroatoms. The fourth-order valence-electron chi connectivity index (χ4n) is 3.31. The third-order valence-corrected chi connectivity index (χ3v) is 8.82. The minimum atomic E-state index is -1.22. The van der Waals surface area contributed by atoms with Gasteiger partial charge in [0, 0.05) is 0 Å². The van der Waals surface area contributed by atoms with Crippen LogP contribution in [0.1, 0.15) is 109 Å². The summed E-state index contributed by atoms with van der Waals surface area (Å²) < 4.78 is 0. The van der Waals surface area contributed by atoms with Gasteiger partial charge in [0.05, 0.1) is 0 Å². The van der Waals surface area contributed by atoms with Crippen LogP contribution in [0.25, 0.3) is 0 Å². The standard InChI is InChI=1S/C22H47Ge/c1-5-6-7-8-9-10-11-12-13-14-15-16-17-18-19-20-21-22-23(2,3)4/h1,5-22H2,2-4H3. The Balaban J connectivity index is 3.00. The van der Waals surface area contributed by atoms with Crippen molar-refractivity contribution in [1.29, 1.82) is 0 Å². The Kier molecular flexibility index (Phi) is 17.8. The second-order valence-corrected chi connectivity index (χ2v) is 20.6. The molecule has 0 spiro atoms. The Labute approximate surface area is 152 Å². The Morgan fingerprint density at radius 3 is 0.957 bits per heavy atom. The van der Waals surface area contributed by atoms with Gasteiger partial charge in [-0.3, -0.25) is 0 Å². The molecule has 0 bridgehead atoms. The molecule has 1 radical (unpaired) electrons. The predicted molar refractivity (Wildman–Crippen MR) is 112 cm³/mol. The fourth-order valence-corrected chi connectivity index (χ4v) is 6.06. The van der Waals surface area contributed by atoms with Gasteiger partial charge in [-0.15, -0.1) is 0 Å². The van der Waals surface area contributed by atoms with Gasteiger partial charge < -0.3 is 0 Å². The summed E-state index contributed by atoms with van der Waals surface area (Å²) in [5.74, 6) is 7.64. The van der Waals surface area contributed by atoms with Gasteiger partial charge in [-0.05, 0) is 0 Å². The van der Waals surface area contributed by atoms with Crippen LogP contribution in [-0.2, 0) is 0 Å². The van der Waals surface area contributed by atoms with E-state index in [1.165, 1.54) is 103 Å². The van der Waals surface area contributed by atoms with Crippen LogP contribution in [0.5, 0.6) is 0 Å². The van der Waals surface area contributed by atoms with Gasteiger partial charge in [-0.2, -0.15) is 0 Å². The summed E-state index contributed by atoms with van der Waals surface area (Å²) >= 11 is -1.22. The van der Waals surface area contributed by atoms with E-state index >= 15 is 0 Å². The molecule has 0 aromatic carbocycles. The van der Waals surface area contributed by atoms with Crippen LogP contribution >= 0.6 is 0 Å². The molecular weight excluding hydrogens is 337 g/mol. The van der Waals surface area contributed by atoms with Crippen molar-refractivity contribution < 1.29 is 0 Å². The summed E-state index contributed by atoms with van der Waals surface area (Å²) in [7, 11) is 0. The van der Waals surface area contributed by atoms with Crippen LogP contribution < -0.4 is 0 Å². The second-order valence-electron chi connectivity index (χ2n) is 8.82. The summed E-state index contributed by atoms with van der Waals surface area (Å²) in [6.45, 7) is 3.90. The Bertz CT molecular complexity index is 217. The van der Waals surface area contributed by atoms with Crippen LogP contribution in [0.4, 0.5) is 0 Å². The van der Waals surface area contributed by atoms with E-state index in [1.54, 1.807) is 5.25 Å². The topological polar surface area (TPSA) is 0 Å². The van der Waals surface area contributed by atoms with Crippen LogP contribution in [0.2, 0.25) is 22.5 Å². The van der Waals surface area contributed by atoms with Crippen molar-refractivity contribution in [3.8, 4) is 0 Å². The first kappa shape index (κ1) is 23.5. The van der Waals surface area contributed by atoms with Crippen molar-refractivity contribution in [2.45, 2.75) is 132 Å². The van der Waals surface area contributed by atoms with Crippen LogP contribution in [0.15, 0.2) is 0 Å². The quantitative estimate of drug-likeness (QED) is 0.164. The van der Waals surface area contributed by atoms with Gasteiger partial charge in [0.2, 0.25) is 0 Å². The van der Waals surface area contributed by atoms with Crippen LogP contribution in [0, 0.1) is 6.92 Å². The molecule has 0 fully saturated rings. The monoisotopic (exact) mass is 385 g/mol. The third-order valence-electron chi connectivity index (χ3n) is 4.93. The second kappa shape index (κ2) is 17.4. The molecule has 0 atom stereocenters. The van der Waals surface area contributed by atoms with Crippen molar-refractivity contribution >= 4 is 13.3 Å². The summed E-state index contributed by atoms with van der Waals surface area (Å²) in [5, 5.41) is 1.58. The Morgan fingerprint density at radius 1 is 0.435 bits per heavy atom. The molecule has 0 aliphatic carbocycles. The molecule has 0 nitrogen and oxygen atoms in total. The van der Waals surface area contributed by atoms with E-state index in [-0.39, 0.29) is 0 Å². The average Bonchev–Trinajstić information content (AvgIpc) is 2.49. The van der Waals surface area contributed by atoms with Gasteiger partial charge in [0.15, 0.2) is 0 Å². The van der Waals surface area contributed by atoms with Gasteiger partial charge in [-0.1, -0.05) is 45.4 Å². The van der Waals surface area contributed by atoms with Crippen molar-refractivity contribution in [3.63, 3.8) is 0 Å². The minimum absolute atomic E-state index is 1.12. The normalized spacial score (nSPS) is 12.0. The molecule has 0 saturated heterocycles. The van der Waals surface area contributed by atoms with E-state index in [2.05, 4.69) is 24.2 Å². The predicted octanol–water partition coefficient (Wildman–Crippen LogP) is 8.79. The van der Waals surface area contributed by atoms with Gasteiger partial charge in [0.1, 0.15) is 0 Å². The molecule has 0 unspecified atom stereocenters. The van der Waals surface area contributed by atoms with Crippen LogP contribution in [0.3, 0.4) is 0 Å². The average molecular weight is 384 g/mol. The number of rotatable bonds is 18. The summed E-state index contributed by atoms with van der Waals surface area (Å²) in [6, 6.07) is 0. The molecule has 0 heterocycles. The molecule has 0 saturated carbocycles. The molecule has 0 rings (SSSR count). The maximum atomic E-state index is 3.90. The molecule has 0 aliphatic heterocycles. The zero-order chi connectivity index (χ0) is 17.2. The van der Waals surface area contributed by atoms with E-state index in [9.17, 15) is 0 Å². The first-order valence-electron chi connectivity index (χ1n) is 10.9. The zero-order valence-electron chi connectivity index (χ0n) is 16.9. The summed E-state index contributed by atoms with van der Waals surface area (Å²) in [6.07, 6.45) is 24.6. The molecule has 0 N–H and O–H groups in total. The van der Waals surface area contributed by atoms with Gasteiger partial charge in [-0.25, -0.2) is 0 Å². The van der Waals surface area contributed by atoms with Crippen molar-refractivity contribution in [1.82, 2.24) is 0 Å². The SMILES string of the molecule is [CH2]CCCCCCCCCCCCCCCCC[CH2][Ge]([CH3])([CH3])[CH3]. The number of hydrogen-bond donors (Lipinski definition) is 0. The molecule has 0 aliphatic rings. The van der Waals surface area contributed by atoms with E-state index < -0.39 is 13.3 Å². The van der Waals surface area contributed by atoms with Crippen molar-refractivity contribution in [2.24, 2.45) is 0 Å². The van der Waals surface area contributed by atoms with Crippen LogP contribution in [-0.4, -0.2) is 13.3 Å². The zero-order valence-corrected chi connectivity index (χ0v) is 19.0. The Hall–Kier alpha value is 0.543. The number of unbranched alkanes of at least 4 members (excludes halogenated alkanes) is 16. The van der Waals surface area contributed by atoms with Gasteiger partial charge in [0.25, 0.3) is 0 Å². The molecule has 0 amide bonds. The first-order chi connectivity index (χ1) is 11.1. The van der Waals surface area contributed by atoms with Crippen molar-refractivity contribution in [2.75, 3.05) is 0 Å².